The largest absolute Gasteiger partial charge is 0.324 e. The molecule has 9 heavy (non-hydrogen) atoms. The summed E-state index contributed by atoms with van der Waals surface area (Å²) in [7, 11) is 0. The van der Waals surface area contributed by atoms with Crippen molar-refractivity contribution in [2.45, 2.75) is 18.6 Å². The first-order valence-corrected chi connectivity index (χ1v) is 3.97. The molecule has 1 aliphatic heterocycles. The lowest BCUT2D eigenvalue weighted by atomic mass is 10.1. The second-order valence-corrected chi connectivity index (χ2v) is 3.70. The second kappa shape index (κ2) is 3.12. The number of nitrogens with zero attached hydrogens (tertiary/aromatic N) is 1. The molecule has 0 aromatic rings. The van der Waals surface area contributed by atoms with Gasteiger partial charge in [0.05, 0.1) is 0 Å². The topological polar surface area (TPSA) is 29.3 Å². The Morgan fingerprint density at radius 1 is 1.67 bits per heavy atom. The number of hydrogen-bond acceptors (Lipinski definition) is 2. The summed E-state index contributed by atoms with van der Waals surface area (Å²) in [6, 6.07) is -0.268. The molecule has 0 spiro atoms. The Balaban J connectivity index is 2.35. The normalized spacial score (nSPS) is 39.0. The fourth-order valence-electron chi connectivity index (χ4n) is 0.912. The fourth-order valence-corrected chi connectivity index (χ4v) is 1.65. The highest BCUT2D eigenvalue weighted by molar-refractivity contribution is 14.1. The van der Waals surface area contributed by atoms with Gasteiger partial charge in [0.25, 0.3) is 0 Å². The molecule has 0 radical (unpaired) electrons. The molecule has 1 heterocycles. The fraction of sp³-hybridized carbons (Fsp3) is 1.00. The minimum atomic E-state index is -0.781. The summed E-state index contributed by atoms with van der Waals surface area (Å²) in [5.41, 5.74) is 5.45. The number of nitrogens with two attached hydrogens (primary N) is 1. The lowest BCUT2D eigenvalue weighted by Gasteiger charge is -2.28. The van der Waals surface area contributed by atoms with E-state index < -0.39 is 6.17 Å². The molecule has 0 amide bonds. The average Bonchev–Trinajstić information content (AvgIpc) is 1.80. The van der Waals surface area contributed by atoms with Gasteiger partial charge >= 0.3 is 0 Å². The Morgan fingerprint density at radius 2 is 2.33 bits per heavy atom. The first-order valence-electron chi connectivity index (χ1n) is 3.00. The molecule has 0 aromatic carbocycles. The molecule has 2 N–H and O–H groups in total. The molecule has 54 valence electrons. The van der Waals surface area contributed by atoms with E-state index in [-0.39, 0.29) is 6.04 Å². The Labute approximate surface area is 68.1 Å². The zero-order valence-electron chi connectivity index (χ0n) is 5.06. The molecule has 1 rings (SSSR count). The number of hydrogen-bond donors (Lipinski definition) is 1. The van der Waals surface area contributed by atoms with E-state index in [1.54, 1.807) is 0 Å². The van der Waals surface area contributed by atoms with Crippen molar-refractivity contribution in [2.24, 2.45) is 5.73 Å². The van der Waals surface area contributed by atoms with Crippen molar-refractivity contribution in [3.8, 4) is 0 Å². The van der Waals surface area contributed by atoms with Crippen LogP contribution >= 0.6 is 22.9 Å². The summed E-state index contributed by atoms with van der Waals surface area (Å²) in [6.45, 7) is 1.51. The molecule has 0 bridgehead atoms. The van der Waals surface area contributed by atoms with E-state index in [2.05, 4.69) is 22.9 Å². The van der Waals surface area contributed by atoms with E-state index in [0.717, 1.165) is 6.54 Å². The quantitative estimate of drug-likeness (QED) is 0.502. The zero-order valence-corrected chi connectivity index (χ0v) is 7.21. The van der Waals surface area contributed by atoms with E-state index >= 15 is 0 Å². The molecule has 0 aliphatic carbocycles. The summed E-state index contributed by atoms with van der Waals surface area (Å²) >= 11 is 2.17. The van der Waals surface area contributed by atoms with Crippen molar-refractivity contribution >= 4 is 22.9 Å². The van der Waals surface area contributed by atoms with E-state index in [9.17, 15) is 4.39 Å². The van der Waals surface area contributed by atoms with Gasteiger partial charge in [-0.25, -0.2) is 7.50 Å². The van der Waals surface area contributed by atoms with Crippen molar-refractivity contribution in [3.63, 3.8) is 0 Å². The van der Waals surface area contributed by atoms with E-state index in [0.29, 0.717) is 13.0 Å². The minimum absolute atomic E-state index is 0.268. The monoisotopic (exact) mass is 244 g/mol. The van der Waals surface area contributed by atoms with Crippen LogP contribution in [0, 0.1) is 0 Å². The molecule has 1 aliphatic rings. The van der Waals surface area contributed by atoms with Gasteiger partial charge in [0, 0.05) is 42.0 Å². The number of rotatable bonds is 0. The molecule has 1 fully saturated rings. The van der Waals surface area contributed by atoms with Crippen LogP contribution in [0.15, 0.2) is 0 Å². The van der Waals surface area contributed by atoms with Gasteiger partial charge in [-0.2, -0.15) is 0 Å². The summed E-state index contributed by atoms with van der Waals surface area (Å²) in [6.07, 6.45) is -0.194. The van der Waals surface area contributed by atoms with Crippen LogP contribution in [0.5, 0.6) is 0 Å². The summed E-state index contributed by atoms with van der Waals surface area (Å²) in [5.74, 6) is 0. The van der Waals surface area contributed by atoms with Crippen molar-refractivity contribution in [3.05, 3.63) is 0 Å². The Morgan fingerprint density at radius 3 is 2.78 bits per heavy atom. The van der Waals surface area contributed by atoms with E-state index in [1.165, 1.54) is 0 Å². The van der Waals surface area contributed by atoms with Crippen molar-refractivity contribution in [1.82, 2.24) is 3.11 Å². The van der Waals surface area contributed by atoms with Crippen LogP contribution in [0.25, 0.3) is 0 Å². The predicted molar refractivity (Wildman–Crippen MR) is 43.1 cm³/mol. The molecule has 2 atom stereocenters. The highest BCUT2D eigenvalue weighted by Crippen LogP contribution is 2.15. The predicted octanol–water partition coefficient (Wildman–Crippen LogP) is 0.708. The molecule has 0 saturated carbocycles. The summed E-state index contributed by atoms with van der Waals surface area (Å²) in [5, 5.41) is 0. The standard InChI is InChI=1S/C5H10FIN2/c6-4-1-2-9(7)3-5(4)8/h4-5H,1-3,8H2. The Hall–Kier alpha value is 0.580. The van der Waals surface area contributed by atoms with Gasteiger partial charge in [0.1, 0.15) is 6.17 Å². The van der Waals surface area contributed by atoms with Crippen LogP contribution in [0.2, 0.25) is 0 Å². The van der Waals surface area contributed by atoms with Crippen LogP contribution < -0.4 is 5.73 Å². The van der Waals surface area contributed by atoms with Gasteiger partial charge < -0.3 is 5.73 Å². The van der Waals surface area contributed by atoms with Crippen LogP contribution in [0.3, 0.4) is 0 Å². The molecule has 4 heteroatoms. The Bertz CT molecular complexity index is 101. The third-order valence-electron chi connectivity index (χ3n) is 1.52. The van der Waals surface area contributed by atoms with Gasteiger partial charge in [-0.15, -0.1) is 0 Å². The van der Waals surface area contributed by atoms with E-state index in [4.69, 9.17) is 5.73 Å². The molecule has 1 saturated heterocycles. The number of alkyl halides is 1. The van der Waals surface area contributed by atoms with Crippen LogP contribution in [0.1, 0.15) is 6.42 Å². The van der Waals surface area contributed by atoms with Gasteiger partial charge in [-0.3, -0.25) is 0 Å². The summed E-state index contributed by atoms with van der Waals surface area (Å²) < 4.78 is 14.6. The van der Waals surface area contributed by atoms with Crippen LogP contribution in [-0.4, -0.2) is 28.4 Å². The maximum absolute atomic E-state index is 12.6. The third-order valence-corrected chi connectivity index (χ3v) is 2.40. The summed E-state index contributed by atoms with van der Waals surface area (Å²) in [4.78, 5) is 0. The number of halogens is 2. The molecular formula is C5H10FIN2. The van der Waals surface area contributed by atoms with Crippen LogP contribution in [0.4, 0.5) is 4.39 Å². The highest BCUT2D eigenvalue weighted by atomic mass is 127. The maximum atomic E-state index is 12.6. The third kappa shape index (κ3) is 2.01. The minimum Gasteiger partial charge on any atom is -0.324 e. The smallest absolute Gasteiger partial charge is 0.118 e. The SMILES string of the molecule is NC1CN(I)CCC1F. The van der Waals surface area contributed by atoms with Crippen molar-refractivity contribution < 1.29 is 4.39 Å². The van der Waals surface area contributed by atoms with Gasteiger partial charge in [0.2, 0.25) is 0 Å². The zero-order chi connectivity index (χ0) is 6.85. The Kier molecular flexibility index (Phi) is 2.66. The number of piperidine rings is 1. The molecular weight excluding hydrogens is 234 g/mol. The molecule has 2 unspecified atom stereocenters. The molecule has 0 aromatic heterocycles. The van der Waals surface area contributed by atoms with Gasteiger partial charge in [-0.05, 0) is 6.42 Å². The van der Waals surface area contributed by atoms with Crippen molar-refractivity contribution in [1.29, 1.82) is 0 Å². The average molecular weight is 244 g/mol. The highest BCUT2D eigenvalue weighted by Gasteiger charge is 2.24. The first-order chi connectivity index (χ1) is 4.20. The maximum Gasteiger partial charge on any atom is 0.118 e. The van der Waals surface area contributed by atoms with Crippen LogP contribution in [-0.2, 0) is 0 Å². The lowest BCUT2D eigenvalue weighted by Crippen LogP contribution is -2.45. The van der Waals surface area contributed by atoms with Gasteiger partial charge in [0.15, 0.2) is 0 Å². The molecule has 2 nitrogen and oxygen atoms in total. The van der Waals surface area contributed by atoms with Crippen molar-refractivity contribution in [2.75, 3.05) is 13.1 Å². The first kappa shape index (κ1) is 7.68. The lowest BCUT2D eigenvalue weighted by molar-refractivity contribution is 0.197. The second-order valence-electron chi connectivity index (χ2n) is 2.34. The van der Waals surface area contributed by atoms with E-state index in [1.807, 2.05) is 3.11 Å². The van der Waals surface area contributed by atoms with Gasteiger partial charge in [-0.1, -0.05) is 0 Å².